The minimum atomic E-state index is -0.995. The van der Waals surface area contributed by atoms with Gasteiger partial charge in [0.15, 0.2) is 11.6 Å². The van der Waals surface area contributed by atoms with Crippen LogP contribution in [-0.2, 0) is 28.3 Å². The third kappa shape index (κ3) is 4.94. The van der Waals surface area contributed by atoms with Gasteiger partial charge in [-0.25, -0.2) is 13.2 Å². The molecule has 2 aliphatic heterocycles. The number of nitrogens with one attached hydrogen (secondary N) is 1. The Hall–Kier alpha value is -3.43. The summed E-state index contributed by atoms with van der Waals surface area (Å²) < 4.78 is 45.9. The number of rotatable bonds is 7. The molecule has 0 atom stereocenters. The molecule has 3 aromatic rings. The average Bonchev–Trinajstić information content (AvgIpc) is 3.23. The predicted molar refractivity (Wildman–Crippen MR) is 128 cm³/mol. The number of piperidine rings is 1. The quantitative estimate of drug-likeness (QED) is 0.298. The van der Waals surface area contributed by atoms with Gasteiger partial charge in [0.1, 0.15) is 19.0 Å². The molecule has 0 unspecified atom stereocenters. The lowest BCUT2D eigenvalue weighted by Crippen LogP contribution is -2.42. The summed E-state index contributed by atoms with van der Waals surface area (Å²) in [6.07, 6.45) is 3.47. The molecular weight excluding hydrogens is 471 g/mol. The highest BCUT2D eigenvalue weighted by Crippen LogP contribution is 2.43. The van der Waals surface area contributed by atoms with E-state index in [-0.39, 0.29) is 17.8 Å². The summed E-state index contributed by atoms with van der Waals surface area (Å²) >= 11 is 0. The fourth-order valence-corrected chi connectivity index (χ4v) is 4.92. The number of hydrogen-bond donors (Lipinski definition) is 1. The van der Waals surface area contributed by atoms with Gasteiger partial charge >= 0.3 is 0 Å². The highest BCUT2D eigenvalue weighted by Gasteiger charge is 2.42. The monoisotopic (exact) mass is 497 g/mol. The Morgan fingerprint density at radius 3 is 2.53 bits per heavy atom. The number of aromatic amines is 1. The van der Waals surface area contributed by atoms with Crippen molar-refractivity contribution in [2.75, 3.05) is 26.4 Å². The number of alkyl halides is 1. The van der Waals surface area contributed by atoms with Crippen molar-refractivity contribution in [1.29, 1.82) is 0 Å². The van der Waals surface area contributed by atoms with Gasteiger partial charge in [-0.1, -0.05) is 29.4 Å². The lowest BCUT2D eigenvalue weighted by atomic mass is 9.84. The number of hydrogen-bond acceptors (Lipinski definition) is 5. The number of halogens is 3. The Morgan fingerprint density at radius 1 is 1.06 bits per heavy atom. The molecule has 1 aromatic heterocycles. The number of oxime groups is 1. The van der Waals surface area contributed by atoms with Crippen LogP contribution in [-0.4, -0.2) is 42.0 Å². The normalized spacial score (nSPS) is 17.4. The second-order valence-corrected chi connectivity index (χ2v) is 9.08. The van der Waals surface area contributed by atoms with E-state index in [9.17, 15) is 18.0 Å². The topological polar surface area (TPSA) is 66.9 Å². The molecule has 2 aliphatic rings. The molecule has 2 aromatic carbocycles. The number of ether oxygens (including phenoxy) is 1. The largest absolute Gasteiger partial charge is 0.392 e. The van der Waals surface area contributed by atoms with Crippen LogP contribution in [0.4, 0.5) is 13.2 Å². The highest BCUT2D eigenvalue weighted by atomic mass is 19.2. The van der Waals surface area contributed by atoms with Crippen LogP contribution >= 0.6 is 0 Å². The second kappa shape index (κ2) is 10.3. The van der Waals surface area contributed by atoms with E-state index in [0.29, 0.717) is 23.4 Å². The summed E-state index contributed by atoms with van der Waals surface area (Å²) in [6, 6.07) is 12.7. The Labute approximate surface area is 206 Å². The van der Waals surface area contributed by atoms with E-state index in [4.69, 9.17) is 9.57 Å². The van der Waals surface area contributed by atoms with E-state index >= 15 is 0 Å². The Balaban J connectivity index is 1.27. The van der Waals surface area contributed by atoms with Crippen LogP contribution in [0.25, 0.3) is 0 Å². The maximum Gasteiger partial charge on any atom is 0.248 e. The molecule has 0 amide bonds. The van der Waals surface area contributed by atoms with E-state index in [1.54, 1.807) is 12.3 Å². The van der Waals surface area contributed by atoms with Gasteiger partial charge in [0.25, 0.3) is 0 Å². The molecule has 0 bridgehead atoms. The van der Waals surface area contributed by atoms with E-state index in [0.717, 1.165) is 61.3 Å². The first-order valence-electron chi connectivity index (χ1n) is 11.9. The molecule has 1 N–H and O–H groups in total. The third-order valence-electron chi connectivity index (χ3n) is 6.82. The van der Waals surface area contributed by atoms with E-state index in [1.807, 2.05) is 24.3 Å². The molecule has 0 saturated carbocycles. The molecule has 3 heterocycles. The Bertz CT molecular complexity index is 1320. The molecule has 5 rings (SSSR count). The van der Waals surface area contributed by atoms with Crippen LogP contribution in [0.1, 0.15) is 40.7 Å². The van der Waals surface area contributed by atoms with Gasteiger partial charge in [0.2, 0.25) is 5.56 Å². The van der Waals surface area contributed by atoms with Gasteiger partial charge in [-0.3, -0.25) is 9.69 Å². The number of aromatic nitrogens is 1. The molecule has 1 saturated heterocycles. The number of likely N-dealkylation sites (tertiary alicyclic amines) is 1. The minimum Gasteiger partial charge on any atom is -0.392 e. The fourth-order valence-electron chi connectivity index (χ4n) is 4.92. The lowest BCUT2D eigenvalue weighted by molar-refractivity contribution is -0.0800. The molecule has 9 heteroatoms. The van der Waals surface area contributed by atoms with Gasteiger partial charge in [-0.15, -0.1) is 0 Å². The number of fused-ring (bicyclic) bond motifs is 2. The Morgan fingerprint density at radius 2 is 1.81 bits per heavy atom. The van der Waals surface area contributed by atoms with Crippen LogP contribution in [0.15, 0.2) is 64.7 Å². The number of nitrogens with zero attached hydrogens (tertiary/aromatic N) is 2. The van der Waals surface area contributed by atoms with E-state index in [1.165, 1.54) is 6.07 Å². The summed E-state index contributed by atoms with van der Waals surface area (Å²) in [4.78, 5) is 21.8. The molecule has 36 heavy (non-hydrogen) atoms. The summed E-state index contributed by atoms with van der Waals surface area (Å²) in [5.74, 6) is -1.95. The summed E-state index contributed by atoms with van der Waals surface area (Å²) in [7, 11) is 0. The molecule has 0 radical (unpaired) electrons. The standard InChI is InChI=1S/C27H26F3N3O3/c28-9-12-36-32-26(20-5-6-23(29)24(30)13-20)19-3-1-18(2-4-19)16-33-10-7-27(8-11-33)22-15-31-25(34)14-21(22)17-35-27/h1-6,13-15H,7-12,16-17H2,(H,31,34)/b32-26-. The van der Waals surface area contributed by atoms with Gasteiger partial charge < -0.3 is 14.6 Å². The first-order chi connectivity index (χ1) is 17.5. The average molecular weight is 498 g/mol. The van der Waals surface area contributed by atoms with Crippen molar-refractivity contribution in [1.82, 2.24) is 9.88 Å². The van der Waals surface area contributed by atoms with E-state index < -0.39 is 18.3 Å². The van der Waals surface area contributed by atoms with Crippen molar-refractivity contribution in [2.45, 2.75) is 31.6 Å². The van der Waals surface area contributed by atoms with Crippen molar-refractivity contribution in [3.05, 3.63) is 105 Å². The van der Waals surface area contributed by atoms with Crippen molar-refractivity contribution in [2.24, 2.45) is 5.16 Å². The molecule has 188 valence electrons. The molecule has 1 fully saturated rings. The number of pyridine rings is 1. The smallest absolute Gasteiger partial charge is 0.248 e. The molecular formula is C27H26F3N3O3. The fraction of sp³-hybridized carbons (Fsp3) is 0.333. The number of benzene rings is 2. The van der Waals surface area contributed by atoms with Gasteiger partial charge in [-0.05, 0) is 42.2 Å². The van der Waals surface area contributed by atoms with Crippen LogP contribution in [0, 0.1) is 11.6 Å². The predicted octanol–water partition coefficient (Wildman–Crippen LogP) is 4.41. The first-order valence-corrected chi connectivity index (χ1v) is 11.9. The van der Waals surface area contributed by atoms with Crippen molar-refractivity contribution in [3.63, 3.8) is 0 Å². The van der Waals surface area contributed by atoms with Crippen LogP contribution in [0.3, 0.4) is 0 Å². The highest BCUT2D eigenvalue weighted by molar-refractivity contribution is 6.12. The van der Waals surface area contributed by atoms with E-state index in [2.05, 4.69) is 15.0 Å². The second-order valence-electron chi connectivity index (χ2n) is 9.08. The maximum atomic E-state index is 13.8. The zero-order valence-corrected chi connectivity index (χ0v) is 19.6. The Kier molecular flexibility index (Phi) is 6.93. The van der Waals surface area contributed by atoms with Crippen molar-refractivity contribution < 1.29 is 22.7 Å². The van der Waals surface area contributed by atoms with Gasteiger partial charge in [-0.2, -0.15) is 0 Å². The molecule has 0 aliphatic carbocycles. The first kappa shape index (κ1) is 24.3. The zero-order chi connectivity index (χ0) is 25.1. The molecule has 6 nitrogen and oxygen atoms in total. The third-order valence-corrected chi connectivity index (χ3v) is 6.82. The van der Waals surface area contributed by atoms with Gasteiger partial charge in [0, 0.05) is 48.6 Å². The van der Waals surface area contributed by atoms with Crippen LogP contribution in [0.2, 0.25) is 0 Å². The zero-order valence-electron chi connectivity index (χ0n) is 19.6. The van der Waals surface area contributed by atoms with Crippen LogP contribution in [0.5, 0.6) is 0 Å². The SMILES string of the molecule is O=c1cc2c(c[nH]1)C1(CCN(Cc3ccc(/C(=N/OCCF)c4ccc(F)c(F)c4)cc3)CC1)OC2. The molecule has 1 spiro atoms. The summed E-state index contributed by atoms with van der Waals surface area (Å²) in [5.41, 5.74) is 3.97. The van der Waals surface area contributed by atoms with Crippen LogP contribution < -0.4 is 5.56 Å². The minimum absolute atomic E-state index is 0.109. The summed E-state index contributed by atoms with van der Waals surface area (Å²) in [6.45, 7) is 1.96. The van der Waals surface area contributed by atoms with Gasteiger partial charge in [0.05, 0.1) is 12.2 Å². The van der Waals surface area contributed by atoms with Crippen molar-refractivity contribution in [3.8, 4) is 0 Å². The maximum absolute atomic E-state index is 13.8. The number of H-pyrrole nitrogens is 1. The lowest BCUT2D eigenvalue weighted by Gasteiger charge is -2.39. The summed E-state index contributed by atoms with van der Waals surface area (Å²) in [5, 5.41) is 3.98. The van der Waals surface area contributed by atoms with Crippen molar-refractivity contribution >= 4 is 5.71 Å².